The van der Waals surface area contributed by atoms with Crippen molar-refractivity contribution in [2.75, 3.05) is 14.2 Å². The predicted octanol–water partition coefficient (Wildman–Crippen LogP) is 2.54. The van der Waals surface area contributed by atoms with Crippen molar-refractivity contribution < 1.29 is 19.5 Å². The Labute approximate surface area is 136 Å². The Morgan fingerprint density at radius 1 is 1.09 bits per heavy atom. The van der Waals surface area contributed by atoms with E-state index in [2.05, 4.69) is 0 Å². The van der Waals surface area contributed by atoms with Crippen LogP contribution in [0, 0.1) is 0 Å². The first-order valence-corrected chi connectivity index (χ1v) is 7.35. The minimum atomic E-state index is -0.562. The highest BCUT2D eigenvalue weighted by molar-refractivity contribution is 5.75. The van der Waals surface area contributed by atoms with Crippen molar-refractivity contribution in [3.8, 4) is 5.75 Å². The minimum absolute atomic E-state index is 0.192. The zero-order valence-corrected chi connectivity index (χ0v) is 13.3. The number of ether oxygens (including phenoxy) is 1. The smallest absolute Gasteiger partial charge is 0.325 e. The van der Waals surface area contributed by atoms with Crippen LogP contribution in [0.2, 0.25) is 0 Å². The van der Waals surface area contributed by atoms with E-state index in [1.807, 2.05) is 30.3 Å². The van der Waals surface area contributed by atoms with Gasteiger partial charge in [-0.1, -0.05) is 42.5 Å². The van der Waals surface area contributed by atoms with Crippen molar-refractivity contribution in [2.24, 2.45) is 0 Å². The van der Waals surface area contributed by atoms with Gasteiger partial charge in [0.2, 0.25) is 0 Å². The maximum Gasteiger partial charge on any atom is 0.325 e. The van der Waals surface area contributed by atoms with E-state index < -0.39 is 6.04 Å². The van der Waals surface area contributed by atoms with Crippen molar-refractivity contribution in [1.29, 1.82) is 0 Å². The summed E-state index contributed by atoms with van der Waals surface area (Å²) in [5.74, 6) is -0.175. The predicted molar refractivity (Wildman–Crippen MR) is 86.6 cm³/mol. The van der Waals surface area contributed by atoms with E-state index in [0.29, 0.717) is 13.0 Å². The molecule has 0 saturated carbocycles. The molecule has 1 unspecified atom stereocenters. The largest absolute Gasteiger partial charge is 0.508 e. The van der Waals surface area contributed by atoms with Crippen molar-refractivity contribution in [1.82, 2.24) is 5.06 Å². The van der Waals surface area contributed by atoms with Crippen molar-refractivity contribution in [3.63, 3.8) is 0 Å². The molecule has 5 heteroatoms. The van der Waals surface area contributed by atoms with Gasteiger partial charge in [0.25, 0.3) is 0 Å². The number of esters is 1. The number of aromatic hydroxyl groups is 1. The van der Waals surface area contributed by atoms with Crippen LogP contribution in [-0.2, 0) is 27.4 Å². The lowest BCUT2D eigenvalue weighted by molar-refractivity contribution is -0.195. The zero-order chi connectivity index (χ0) is 16.7. The molecule has 23 heavy (non-hydrogen) atoms. The summed E-state index contributed by atoms with van der Waals surface area (Å²) in [5, 5.41) is 10.9. The maximum atomic E-state index is 12.0. The number of phenolic OH excluding ortho intramolecular Hbond substituents is 1. The first-order chi connectivity index (χ1) is 11.1. The van der Waals surface area contributed by atoms with Gasteiger partial charge in [0.15, 0.2) is 0 Å². The number of hydrogen-bond donors (Lipinski definition) is 1. The maximum absolute atomic E-state index is 12.0. The second-order valence-corrected chi connectivity index (χ2v) is 5.21. The monoisotopic (exact) mass is 315 g/mol. The van der Waals surface area contributed by atoms with Crippen LogP contribution >= 0.6 is 0 Å². The molecule has 0 radical (unpaired) electrons. The third-order valence-electron chi connectivity index (χ3n) is 3.56. The Morgan fingerprint density at radius 3 is 2.35 bits per heavy atom. The summed E-state index contributed by atoms with van der Waals surface area (Å²) in [6, 6.07) is 15.9. The van der Waals surface area contributed by atoms with E-state index >= 15 is 0 Å². The molecule has 0 amide bonds. The fourth-order valence-corrected chi connectivity index (χ4v) is 2.19. The molecule has 0 aliphatic rings. The van der Waals surface area contributed by atoms with Crippen LogP contribution in [0.1, 0.15) is 11.1 Å². The molecular weight excluding hydrogens is 294 g/mol. The number of methoxy groups -OCH3 is 1. The molecular formula is C18H21NO4. The van der Waals surface area contributed by atoms with E-state index in [1.165, 1.54) is 12.2 Å². The molecule has 2 rings (SSSR count). The number of hydrogen-bond acceptors (Lipinski definition) is 5. The van der Waals surface area contributed by atoms with Crippen LogP contribution in [0.3, 0.4) is 0 Å². The number of carbonyl (C=O) groups excluding carboxylic acids is 1. The molecule has 0 aromatic heterocycles. The van der Waals surface area contributed by atoms with Crippen LogP contribution in [0.4, 0.5) is 0 Å². The molecule has 0 fully saturated rings. The van der Waals surface area contributed by atoms with Gasteiger partial charge in [0.05, 0.1) is 13.7 Å². The molecule has 0 saturated heterocycles. The average Bonchev–Trinajstić information content (AvgIpc) is 2.59. The Balaban J connectivity index is 2.01. The summed E-state index contributed by atoms with van der Waals surface area (Å²) >= 11 is 0. The summed E-state index contributed by atoms with van der Waals surface area (Å²) < 4.78 is 4.87. The molecule has 1 atom stereocenters. The zero-order valence-electron chi connectivity index (χ0n) is 13.3. The number of rotatable bonds is 7. The summed E-state index contributed by atoms with van der Waals surface area (Å²) in [4.78, 5) is 17.7. The highest BCUT2D eigenvalue weighted by atomic mass is 16.7. The molecule has 0 bridgehead atoms. The van der Waals surface area contributed by atoms with Gasteiger partial charge in [-0.05, 0) is 23.3 Å². The van der Waals surface area contributed by atoms with Crippen molar-refractivity contribution in [3.05, 3.63) is 65.7 Å². The summed E-state index contributed by atoms with van der Waals surface area (Å²) in [7, 11) is 3.07. The Morgan fingerprint density at radius 2 is 1.74 bits per heavy atom. The van der Waals surface area contributed by atoms with Crippen LogP contribution in [-0.4, -0.2) is 36.3 Å². The Kier molecular flexibility index (Phi) is 6.14. The fourth-order valence-electron chi connectivity index (χ4n) is 2.19. The quantitative estimate of drug-likeness (QED) is 0.628. The van der Waals surface area contributed by atoms with Crippen LogP contribution < -0.4 is 0 Å². The lowest BCUT2D eigenvalue weighted by atomic mass is 10.1. The third kappa shape index (κ3) is 5.09. The van der Waals surface area contributed by atoms with E-state index in [1.54, 1.807) is 31.3 Å². The second kappa shape index (κ2) is 8.31. The van der Waals surface area contributed by atoms with Gasteiger partial charge in [0, 0.05) is 13.5 Å². The van der Waals surface area contributed by atoms with E-state index in [9.17, 15) is 9.90 Å². The van der Waals surface area contributed by atoms with Gasteiger partial charge in [-0.15, -0.1) is 0 Å². The number of benzene rings is 2. The number of likely N-dealkylation sites (N-methyl/N-ethyl adjacent to an activating group) is 1. The van der Waals surface area contributed by atoms with Crippen LogP contribution in [0.5, 0.6) is 5.75 Å². The number of carbonyl (C=O) groups is 1. The Hall–Kier alpha value is -2.37. The first kappa shape index (κ1) is 17.0. The average molecular weight is 315 g/mol. The summed E-state index contributed by atoms with van der Waals surface area (Å²) in [6.45, 7) is 0.375. The van der Waals surface area contributed by atoms with Gasteiger partial charge in [-0.25, -0.2) is 0 Å². The first-order valence-electron chi connectivity index (χ1n) is 7.35. The lowest BCUT2D eigenvalue weighted by Gasteiger charge is -2.25. The van der Waals surface area contributed by atoms with Crippen LogP contribution in [0.25, 0.3) is 0 Å². The molecule has 0 heterocycles. The third-order valence-corrected chi connectivity index (χ3v) is 3.56. The van der Waals surface area contributed by atoms with Crippen LogP contribution in [0.15, 0.2) is 54.6 Å². The molecule has 122 valence electrons. The van der Waals surface area contributed by atoms with Gasteiger partial charge in [0.1, 0.15) is 11.8 Å². The van der Waals surface area contributed by atoms with Crippen molar-refractivity contribution in [2.45, 2.75) is 19.1 Å². The lowest BCUT2D eigenvalue weighted by Crippen LogP contribution is -2.40. The highest BCUT2D eigenvalue weighted by Gasteiger charge is 2.25. The van der Waals surface area contributed by atoms with Gasteiger partial charge in [-0.2, -0.15) is 5.06 Å². The van der Waals surface area contributed by atoms with Gasteiger partial charge in [-0.3, -0.25) is 9.63 Å². The molecule has 0 aliphatic carbocycles. The van der Waals surface area contributed by atoms with Gasteiger partial charge >= 0.3 is 5.97 Å². The number of nitrogens with zero attached hydrogens (tertiary/aromatic N) is 1. The number of phenols is 1. The highest BCUT2D eigenvalue weighted by Crippen LogP contribution is 2.15. The van der Waals surface area contributed by atoms with Crippen molar-refractivity contribution >= 4 is 5.97 Å². The molecule has 5 nitrogen and oxygen atoms in total. The summed E-state index contributed by atoms with van der Waals surface area (Å²) in [5.41, 5.74) is 1.93. The molecule has 0 spiro atoms. The molecule has 2 aromatic rings. The molecule has 1 N–H and O–H groups in total. The van der Waals surface area contributed by atoms with E-state index in [-0.39, 0.29) is 11.7 Å². The molecule has 2 aromatic carbocycles. The Bertz CT molecular complexity index is 613. The van der Waals surface area contributed by atoms with E-state index in [0.717, 1.165) is 11.1 Å². The van der Waals surface area contributed by atoms with Gasteiger partial charge < -0.3 is 9.84 Å². The molecule has 0 aliphatic heterocycles. The fraction of sp³-hybridized carbons (Fsp3) is 0.278. The summed E-state index contributed by atoms with van der Waals surface area (Å²) in [6.07, 6.45) is 0.429. The second-order valence-electron chi connectivity index (χ2n) is 5.21. The number of hydroxylamine groups is 2. The normalized spacial score (nSPS) is 12.1. The standard InChI is InChI=1S/C18H21NO4/c1-19(23-13-15-6-4-3-5-7-15)17(18(21)22-2)12-14-8-10-16(20)11-9-14/h3-11,17,20H,12-13H2,1-2H3. The topological polar surface area (TPSA) is 59.0 Å². The SMILES string of the molecule is COC(=O)C(Cc1ccc(O)cc1)N(C)OCc1ccccc1. The minimum Gasteiger partial charge on any atom is -0.508 e. The van der Waals surface area contributed by atoms with E-state index in [4.69, 9.17) is 9.57 Å².